The van der Waals surface area contributed by atoms with Gasteiger partial charge in [-0.15, -0.1) is 0 Å². The zero-order chi connectivity index (χ0) is 21.9. The van der Waals surface area contributed by atoms with Gasteiger partial charge in [0.1, 0.15) is 11.3 Å². The number of fused-ring (bicyclic) bond motifs is 4. The first-order valence-electron chi connectivity index (χ1n) is 9.36. The van der Waals surface area contributed by atoms with Gasteiger partial charge in [0.25, 0.3) is 11.5 Å². The number of nitrogens with one attached hydrogen (secondary N) is 2. The van der Waals surface area contributed by atoms with Crippen LogP contribution in [0, 0.1) is 11.6 Å². The van der Waals surface area contributed by atoms with E-state index in [1.807, 2.05) is 6.07 Å². The highest BCUT2D eigenvalue weighted by atomic mass is 79.9. The van der Waals surface area contributed by atoms with Crippen LogP contribution in [0.1, 0.15) is 27.8 Å². The maximum atomic E-state index is 14.0. The number of aromatic nitrogens is 3. The molecule has 4 heterocycles. The summed E-state index contributed by atoms with van der Waals surface area (Å²) in [5, 5.41) is 1.04. The number of aromatic amines is 2. The van der Waals surface area contributed by atoms with Crippen LogP contribution < -0.4 is 5.56 Å². The molecule has 1 atom stereocenters. The van der Waals surface area contributed by atoms with E-state index in [0.717, 1.165) is 22.0 Å². The molecule has 0 spiro atoms. The van der Waals surface area contributed by atoms with Crippen molar-refractivity contribution in [3.63, 3.8) is 0 Å². The Hall–Kier alpha value is -3.11. The molecule has 31 heavy (non-hydrogen) atoms. The third kappa shape index (κ3) is 3.22. The smallest absolute Gasteiger partial charge is 0.270 e. The number of ether oxygens (including phenoxy) is 1. The highest BCUT2D eigenvalue weighted by Crippen LogP contribution is 2.34. The van der Waals surface area contributed by atoms with E-state index in [4.69, 9.17) is 4.74 Å². The molecule has 1 amide bonds. The first-order chi connectivity index (χ1) is 14.8. The third-order valence-electron chi connectivity index (χ3n) is 5.50. The number of rotatable bonds is 2. The molecule has 0 aliphatic carbocycles. The van der Waals surface area contributed by atoms with Gasteiger partial charge in [-0.2, -0.15) is 0 Å². The Bertz CT molecular complexity index is 1430. The van der Waals surface area contributed by atoms with Gasteiger partial charge < -0.3 is 19.6 Å². The SMILES string of the molecule is CN(C(=O)c1cc2cc(Br)cnc2[nH]1)[C@@H]1COCc2[nH]c(=O)c3cc(F)c(F)cc3c21. The molecule has 10 heteroatoms. The van der Waals surface area contributed by atoms with Crippen molar-refractivity contribution in [3.05, 3.63) is 73.9 Å². The molecular weight excluding hydrogens is 474 g/mol. The Morgan fingerprint density at radius 1 is 1.19 bits per heavy atom. The number of hydrogen-bond acceptors (Lipinski definition) is 4. The highest BCUT2D eigenvalue weighted by molar-refractivity contribution is 9.10. The van der Waals surface area contributed by atoms with Gasteiger partial charge in [-0.25, -0.2) is 13.8 Å². The van der Waals surface area contributed by atoms with Crippen LogP contribution in [-0.2, 0) is 11.3 Å². The molecule has 0 fully saturated rings. The third-order valence-corrected chi connectivity index (χ3v) is 5.93. The maximum Gasteiger partial charge on any atom is 0.270 e. The lowest BCUT2D eigenvalue weighted by Crippen LogP contribution is -2.37. The van der Waals surface area contributed by atoms with Crippen LogP contribution >= 0.6 is 15.9 Å². The lowest BCUT2D eigenvalue weighted by molar-refractivity contribution is 0.0333. The van der Waals surface area contributed by atoms with Crippen molar-refractivity contribution in [2.24, 2.45) is 0 Å². The lowest BCUT2D eigenvalue weighted by atomic mass is 9.95. The van der Waals surface area contributed by atoms with Gasteiger partial charge in [0.2, 0.25) is 0 Å². The van der Waals surface area contributed by atoms with Crippen LogP contribution in [0.2, 0.25) is 0 Å². The molecular formula is C21H15BrF2N4O3. The van der Waals surface area contributed by atoms with Gasteiger partial charge in [0.05, 0.1) is 24.6 Å². The Kier molecular flexibility index (Phi) is 4.63. The van der Waals surface area contributed by atoms with Crippen LogP contribution in [0.4, 0.5) is 8.78 Å². The van der Waals surface area contributed by atoms with Crippen molar-refractivity contribution in [2.45, 2.75) is 12.6 Å². The minimum absolute atomic E-state index is 0.0186. The molecule has 2 N–H and O–H groups in total. The molecule has 1 aromatic carbocycles. The van der Waals surface area contributed by atoms with E-state index in [0.29, 0.717) is 22.6 Å². The molecule has 0 unspecified atom stereocenters. The Labute approximate surface area is 182 Å². The van der Waals surface area contributed by atoms with Crippen molar-refractivity contribution in [1.82, 2.24) is 19.9 Å². The number of carbonyl (C=O) groups excluding carboxylic acids is 1. The number of H-pyrrole nitrogens is 2. The average molecular weight is 489 g/mol. The van der Waals surface area contributed by atoms with Gasteiger partial charge in [-0.3, -0.25) is 9.59 Å². The van der Waals surface area contributed by atoms with E-state index < -0.39 is 23.2 Å². The average Bonchev–Trinajstić information content (AvgIpc) is 3.17. The van der Waals surface area contributed by atoms with Gasteiger partial charge in [-0.05, 0) is 45.6 Å². The summed E-state index contributed by atoms with van der Waals surface area (Å²) in [7, 11) is 1.59. The minimum atomic E-state index is -1.11. The molecule has 4 aromatic rings. The quantitative estimate of drug-likeness (QED) is 0.449. The van der Waals surface area contributed by atoms with Gasteiger partial charge in [-0.1, -0.05) is 0 Å². The van der Waals surface area contributed by atoms with Crippen molar-refractivity contribution < 1.29 is 18.3 Å². The molecule has 7 nitrogen and oxygen atoms in total. The number of amides is 1. The number of nitrogens with zero attached hydrogens (tertiary/aromatic N) is 2. The van der Waals surface area contributed by atoms with Gasteiger partial charge >= 0.3 is 0 Å². The number of likely N-dealkylation sites (N-methyl/N-ethyl adjacent to an activating group) is 1. The van der Waals surface area contributed by atoms with Crippen molar-refractivity contribution in [2.75, 3.05) is 13.7 Å². The van der Waals surface area contributed by atoms with E-state index in [1.165, 1.54) is 4.90 Å². The Morgan fingerprint density at radius 2 is 1.94 bits per heavy atom. The molecule has 1 aliphatic rings. The van der Waals surface area contributed by atoms with Gasteiger partial charge in [0, 0.05) is 34.4 Å². The molecule has 0 saturated heterocycles. The molecule has 3 aromatic heterocycles. The van der Waals surface area contributed by atoms with E-state index in [1.54, 1.807) is 19.3 Å². The number of carbonyl (C=O) groups is 1. The molecule has 158 valence electrons. The molecule has 5 rings (SSSR count). The molecule has 0 bridgehead atoms. The number of benzene rings is 1. The highest BCUT2D eigenvalue weighted by Gasteiger charge is 2.32. The normalized spacial score (nSPS) is 15.9. The molecule has 0 radical (unpaired) electrons. The monoisotopic (exact) mass is 488 g/mol. The second-order valence-electron chi connectivity index (χ2n) is 7.38. The van der Waals surface area contributed by atoms with E-state index >= 15 is 0 Å². The zero-order valence-electron chi connectivity index (χ0n) is 16.1. The van der Waals surface area contributed by atoms with Crippen LogP contribution in [-0.4, -0.2) is 39.4 Å². The number of hydrogen-bond donors (Lipinski definition) is 2. The topological polar surface area (TPSA) is 91.1 Å². The largest absolute Gasteiger partial charge is 0.373 e. The predicted octanol–water partition coefficient (Wildman–Crippen LogP) is 3.79. The summed E-state index contributed by atoms with van der Waals surface area (Å²) < 4.78 is 34.2. The number of pyridine rings is 2. The minimum Gasteiger partial charge on any atom is -0.373 e. The Morgan fingerprint density at radius 3 is 2.71 bits per heavy atom. The van der Waals surface area contributed by atoms with Crippen LogP contribution in [0.15, 0.2) is 39.7 Å². The number of halogens is 3. The van der Waals surface area contributed by atoms with E-state index in [-0.39, 0.29) is 29.9 Å². The maximum absolute atomic E-state index is 14.0. The fourth-order valence-electron chi connectivity index (χ4n) is 3.98. The second kappa shape index (κ2) is 7.24. The summed E-state index contributed by atoms with van der Waals surface area (Å²) in [6.45, 7) is 0.238. The predicted molar refractivity (Wildman–Crippen MR) is 113 cm³/mol. The Balaban J connectivity index is 1.61. The van der Waals surface area contributed by atoms with Crippen molar-refractivity contribution >= 4 is 43.6 Å². The van der Waals surface area contributed by atoms with E-state index in [9.17, 15) is 18.4 Å². The molecule has 1 aliphatic heterocycles. The summed E-state index contributed by atoms with van der Waals surface area (Å²) in [5.74, 6) is -2.51. The van der Waals surface area contributed by atoms with Crippen LogP contribution in [0.25, 0.3) is 21.8 Å². The first kappa shape index (κ1) is 19.8. The fourth-order valence-corrected chi connectivity index (χ4v) is 4.33. The lowest BCUT2D eigenvalue weighted by Gasteiger charge is -2.33. The van der Waals surface area contributed by atoms with Gasteiger partial charge in [0.15, 0.2) is 11.6 Å². The first-order valence-corrected chi connectivity index (χ1v) is 10.2. The van der Waals surface area contributed by atoms with Crippen molar-refractivity contribution in [1.29, 1.82) is 0 Å². The summed E-state index contributed by atoms with van der Waals surface area (Å²) in [4.78, 5) is 37.0. The second-order valence-corrected chi connectivity index (χ2v) is 8.30. The summed E-state index contributed by atoms with van der Waals surface area (Å²) in [5.41, 5.74) is 1.31. The fraction of sp³-hybridized carbons (Fsp3) is 0.190. The van der Waals surface area contributed by atoms with E-state index in [2.05, 4.69) is 30.9 Å². The van der Waals surface area contributed by atoms with Crippen LogP contribution in [0.5, 0.6) is 0 Å². The molecule has 0 saturated carbocycles. The summed E-state index contributed by atoms with van der Waals surface area (Å²) in [6, 6.07) is 4.78. The van der Waals surface area contributed by atoms with Crippen LogP contribution in [0.3, 0.4) is 0 Å². The zero-order valence-corrected chi connectivity index (χ0v) is 17.7. The standard InChI is InChI=1S/C21H15BrF2N4O3/c1-28(21(30)15-3-9-2-10(22)6-25-19(9)26-15)17-8-31-7-16-18(17)11-4-13(23)14(24)5-12(11)20(29)27-16/h2-6,17H,7-8H2,1H3,(H,25,26)(H,27,29)/t17-/m1/s1. The summed E-state index contributed by atoms with van der Waals surface area (Å²) >= 11 is 3.35. The summed E-state index contributed by atoms with van der Waals surface area (Å²) in [6.07, 6.45) is 1.62. The van der Waals surface area contributed by atoms with Crippen molar-refractivity contribution in [3.8, 4) is 0 Å².